The molecule has 0 N–H and O–H groups in total. The topological polar surface area (TPSA) is 29.1 Å². The average Bonchev–Trinajstić information content (AvgIpc) is 1.83. The van der Waals surface area contributed by atoms with Gasteiger partial charge in [0.25, 0.3) is 0 Å². The van der Waals surface area contributed by atoms with Crippen LogP contribution in [0.2, 0.25) is 0 Å². The Morgan fingerprint density at radius 3 is 2.75 bits per heavy atom. The molecule has 48 valence electrons. The third-order valence-electron chi connectivity index (χ3n) is 0.782. The molecule has 8 heavy (non-hydrogen) atoms. The molecule has 0 aliphatic carbocycles. The molecule has 0 heterocycles. The minimum Gasteiger partial charge on any atom is -0.376 e. The van der Waals surface area contributed by atoms with Gasteiger partial charge in [-0.1, -0.05) is 6.92 Å². The molecule has 0 aliphatic heterocycles. The fourth-order valence-corrected chi connectivity index (χ4v) is 0.309. The molecule has 1 atom stereocenters. The molecule has 0 aliphatic rings. The van der Waals surface area contributed by atoms with Crippen LogP contribution in [-0.4, -0.2) is 19.3 Å². The normalized spacial score (nSPS) is 13.9. The van der Waals surface area contributed by atoms with Gasteiger partial charge in [0.2, 0.25) is 0 Å². The van der Waals surface area contributed by atoms with Gasteiger partial charge in [-0.2, -0.15) is 0 Å². The molecule has 0 aromatic rings. The standard InChI is InChI=1S/C6H12O2/c1-3-4-8-6(2)5-7/h3,6H,4-5H2,1-2H3. The summed E-state index contributed by atoms with van der Waals surface area (Å²) in [6.07, 6.45) is 1.75. The molecule has 0 aromatic heterocycles. The van der Waals surface area contributed by atoms with Crippen LogP contribution in [0.4, 0.5) is 0 Å². The molecule has 0 amide bonds. The van der Waals surface area contributed by atoms with E-state index in [4.69, 9.17) is 4.74 Å². The Morgan fingerprint density at radius 2 is 2.38 bits per heavy atom. The van der Waals surface area contributed by atoms with Crippen molar-refractivity contribution in [1.29, 1.82) is 0 Å². The van der Waals surface area contributed by atoms with Gasteiger partial charge in [0.15, 0.2) is 0 Å². The van der Waals surface area contributed by atoms with Crippen LogP contribution < -0.4 is 0 Å². The monoisotopic (exact) mass is 116 g/mol. The smallest absolute Gasteiger partial charge is 0.108 e. The summed E-state index contributed by atoms with van der Waals surface area (Å²) in [5.74, 6) is 0. The first-order chi connectivity index (χ1) is 3.81. The summed E-state index contributed by atoms with van der Waals surface area (Å²) in [6, 6.07) is 0. The summed E-state index contributed by atoms with van der Waals surface area (Å²) >= 11 is 0. The molecule has 2 radical (unpaired) electrons. The minimum absolute atomic E-state index is 0.133. The number of hydrogen-bond acceptors (Lipinski definition) is 1. The summed E-state index contributed by atoms with van der Waals surface area (Å²) < 4.78 is 4.97. The van der Waals surface area contributed by atoms with Gasteiger partial charge in [-0.15, -0.1) is 0 Å². The van der Waals surface area contributed by atoms with Crippen LogP contribution in [0.25, 0.3) is 0 Å². The molecule has 0 fully saturated rings. The van der Waals surface area contributed by atoms with E-state index in [0.717, 1.165) is 0 Å². The van der Waals surface area contributed by atoms with Gasteiger partial charge in [-0.25, -0.2) is 5.11 Å². The zero-order chi connectivity index (χ0) is 6.41. The van der Waals surface area contributed by atoms with Crippen molar-refractivity contribution in [3.63, 3.8) is 0 Å². The lowest BCUT2D eigenvalue weighted by molar-refractivity contribution is 0.0116. The summed E-state index contributed by atoms with van der Waals surface area (Å²) in [6.45, 7) is 4.12. The van der Waals surface area contributed by atoms with E-state index in [9.17, 15) is 5.11 Å². The summed E-state index contributed by atoms with van der Waals surface area (Å²) in [7, 11) is 0. The molecule has 0 rings (SSSR count). The minimum atomic E-state index is -0.145. The predicted octanol–water partition coefficient (Wildman–Crippen LogP) is 1.05. The van der Waals surface area contributed by atoms with Crippen molar-refractivity contribution >= 4 is 0 Å². The second-order valence-electron chi connectivity index (χ2n) is 1.72. The van der Waals surface area contributed by atoms with E-state index in [0.29, 0.717) is 6.61 Å². The van der Waals surface area contributed by atoms with E-state index >= 15 is 0 Å². The molecule has 1 unspecified atom stereocenters. The number of ether oxygens (including phenoxy) is 1. The van der Waals surface area contributed by atoms with Crippen molar-refractivity contribution in [2.75, 3.05) is 13.2 Å². The van der Waals surface area contributed by atoms with Crippen molar-refractivity contribution in [3.05, 3.63) is 6.42 Å². The quantitative estimate of drug-likeness (QED) is 0.539. The average molecular weight is 116 g/mol. The van der Waals surface area contributed by atoms with Crippen LogP contribution in [0.5, 0.6) is 0 Å². The lowest BCUT2D eigenvalue weighted by atomic mass is 10.4. The van der Waals surface area contributed by atoms with Gasteiger partial charge >= 0.3 is 0 Å². The zero-order valence-corrected chi connectivity index (χ0v) is 5.39. The first-order valence-corrected chi connectivity index (χ1v) is 2.78. The van der Waals surface area contributed by atoms with E-state index in [2.05, 4.69) is 0 Å². The van der Waals surface area contributed by atoms with Crippen LogP contribution in [0.3, 0.4) is 0 Å². The van der Waals surface area contributed by atoms with E-state index in [1.54, 1.807) is 6.92 Å². The Balaban J connectivity index is 2.86. The maximum atomic E-state index is 10.00. The molecule has 2 nitrogen and oxygen atoms in total. The second-order valence-corrected chi connectivity index (χ2v) is 1.72. The van der Waals surface area contributed by atoms with E-state index < -0.39 is 0 Å². The van der Waals surface area contributed by atoms with E-state index in [-0.39, 0.29) is 12.7 Å². The molecule has 0 aromatic carbocycles. The van der Waals surface area contributed by atoms with Gasteiger partial charge in [0.1, 0.15) is 6.61 Å². The Labute approximate surface area is 50.5 Å². The predicted molar refractivity (Wildman–Crippen MR) is 30.9 cm³/mol. The zero-order valence-electron chi connectivity index (χ0n) is 5.39. The van der Waals surface area contributed by atoms with E-state index in [1.807, 2.05) is 13.3 Å². The highest BCUT2D eigenvalue weighted by Gasteiger charge is 1.96. The molecule has 0 spiro atoms. The van der Waals surface area contributed by atoms with Crippen molar-refractivity contribution in [2.45, 2.75) is 20.0 Å². The largest absolute Gasteiger partial charge is 0.376 e. The van der Waals surface area contributed by atoms with Crippen LogP contribution in [0.15, 0.2) is 0 Å². The highest BCUT2D eigenvalue weighted by atomic mass is 16.5. The molecule has 2 heteroatoms. The summed E-state index contributed by atoms with van der Waals surface area (Å²) in [4.78, 5) is 0. The Morgan fingerprint density at radius 1 is 1.75 bits per heavy atom. The fourth-order valence-electron chi connectivity index (χ4n) is 0.309. The fraction of sp³-hybridized carbons (Fsp3) is 0.833. The van der Waals surface area contributed by atoms with Crippen molar-refractivity contribution in [1.82, 2.24) is 0 Å². The Bertz CT molecular complexity index is 45.8. The molecule has 0 saturated carbocycles. The Kier molecular flexibility index (Phi) is 5.01. The molecular formula is C6H12O2. The second kappa shape index (κ2) is 5.06. The SMILES string of the molecule is C[CH]COC(C)C[O]. The van der Waals surface area contributed by atoms with Gasteiger partial charge in [-0.05, 0) is 13.3 Å². The maximum absolute atomic E-state index is 10.00. The summed E-state index contributed by atoms with van der Waals surface area (Å²) in [5.41, 5.74) is 0. The van der Waals surface area contributed by atoms with Gasteiger partial charge in [-0.3, -0.25) is 0 Å². The lowest BCUT2D eigenvalue weighted by Gasteiger charge is -2.05. The Hall–Kier alpha value is -0.0800. The van der Waals surface area contributed by atoms with Crippen molar-refractivity contribution in [3.8, 4) is 0 Å². The maximum Gasteiger partial charge on any atom is 0.108 e. The van der Waals surface area contributed by atoms with Crippen LogP contribution in [-0.2, 0) is 9.84 Å². The van der Waals surface area contributed by atoms with Gasteiger partial charge < -0.3 is 4.74 Å². The van der Waals surface area contributed by atoms with E-state index in [1.165, 1.54) is 0 Å². The van der Waals surface area contributed by atoms with Crippen molar-refractivity contribution < 1.29 is 9.84 Å². The van der Waals surface area contributed by atoms with Gasteiger partial charge in [0, 0.05) is 6.61 Å². The summed E-state index contributed by atoms with van der Waals surface area (Å²) in [5, 5.41) is 10.00. The molecular weight excluding hydrogens is 104 g/mol. The van der Waals surface area contributed by atoms with Crippen LogP contribution >= 0.6 is 0 Å². The number of rotatable bonds is 4. The van der Waals surface area contributed by atoms with Gasteiger partial charge in [0.05, 0.1) is 6.10 Å². The first kappa shape index (κ1) is 7.92. The molecule has 0 bridgehead atoms. The van der Waals surface area contributed by atoms with Crippen molar-refractivity contribution in [2.24, 2.45) is 0 Å². The first-order valence-electron chi connectivity index (χ1n) is 2.78. The highest BCUT2D eigenvalue weighted by molar-refractivity contribution is 4.54. The highest BCUT2D eigenvalue weighted by Crippen LogP contribution is 1.88. The third kappa shape index (κ3) is 4.09. The van der Waals surface area contributed by atoms with Crippen LogP contribution in [0.1, 0.15) is 13.8 Å². The lowest BCUT2D eigenvalue weighted by Crippen LogP contribution is -2.12. The third-order valence-corrected chi connectivity index (χ3v) is 0.782. The number of hydrogen-bond donors (Lipinski definition) is 0. The molecule has 0 saturated heterocycles. The van der Waals surface area contributed by atoms with Crippen LogP contribution in [0, 0.1) is 6.42 Å².